The van der Waals surface area contributed by atoms with Crippen molar-refractivity contribution in [2.75, 3.05) is 6.61 Å². The lowest BCUT2D eigenvalue weighted by Gasteiger charge is -2.37. The van der Waals surface area contributed by atoms with Crippen LogP contribution in [0.3, 0.4) is 0 Å². The van der Waals surface area contributed by atoms with E-state index in [2.05, 4.69) is 0 Å². The Morgan fingerprint density at radius 1 is 0.561 bits per heavy atom. The zero-order chi connectivity index (χ0) is 40.7. The third kappa shape index (κ3) is 10.9. The van der Waals surface area contributed by atoms with Gasteiger partial charge in [-0.15, -0.1) is 0 Å². The fourth-order valence-corrected chi connectivity index (χ4v) is 7.22. The summed E-state index contributed by atoms with van der Waals surface area (Å²) in [5, 5.41) is 10.3. The van der Waals surface area contributed by atoms with E-state index in [0.29, 0.717) is 0 Å². The number of aliphatic hydroxyl groups excluding tert-OH is 1. The van der Waals surface area contributed by atoms with E-state index >= 15 is 0 Å². The summed E-state index contributed by atoms with van der Waals surface area (Å²) in [7, 11) is 0. The average Bonchev–Trinajstić information content (AvgIpc) is 3.22. The minimum absolute atomic E-state index is 0.453. The zero-order valence-corrected chi connectivity index (χ0v) is 33.8. The van der Waals surface area contributed by atoms with E-state index in [1.165, 1.54) is 0 Å². The molecule has 0 aliphatic carbocycles. The summed E-state index contributed by atoms with van der Waals surface area (Å²) in [6.45, 7) is 4.43. The number of carbonyl (C=O) groups is 3. The van der Waals surface area contributed by atoms with Gasteiger partial charge in [0.25, 0.3) is 0 Å². The summed E-state index contributed by atoms with van der Waals surface area (Å²) >= 11 is 17.6. The van der Waals surface area contributed by atoms with Gasteiger partial charge in [0.1, 0.15) is 37.1 Å². The van der Waals surface area contributed by atoms with Crippen molar-refractivity contribution in [3.63, 3.8) is 0 Å². The van der Waals surface area contributed by atoms with Gasteiger partial charge in [-0.25, -0.2) is 14.4 Å². The van der Waals surface area contributed by atoms with E-state index in [0.717, 1.165) is 16.7 Å². The number of aliphatic hydroxyl groups is 1. The molecule has 13 heteroatoms. The molecule has 0 fully saturated rings. The number of benzene rings is 3. The van der Waals surface area contributed by atoms with Crippen molar-refractivity contribution >= 4 is 52.7 Å². The number of ether oxygens (including phenoxy) is 6. The molecule has 0 amide bonds. The predicted molar refractivity (Wildman–Crippen MR) is 215 cm³/mol. The first-order chi connectivity index (χ1) is 27.3. The third-order valence-corrected chi connectivity index (χ3v) is 10.4. The van der Waals surface area contributed by atoms with Crippen LogP contribution < -0.4 is 0 Å². The summed E-state index contributed by atoms with van der Waals surface area (Å²) in [6.07, 6.45) is 2.45. The second-order valence-electron chi connectivity index (χ2n) is 14.3. The Bertz CT molecular complexity index is 1900. The number of rotatable bonds is 12. The van der Waals surface area contributed by atoms with Crippen molar-refractivity contribution in [2.24, 2.45) is 0 Å². The molecule has 3 heterocycles. The molecule has 0 saturated carbocycles. The predicted octanol–water partition coefficient (Wildman–Crippen LogP) is 7.47. The molecular formula is C44H45Cl3O10. The Hall–Kier alpha value is -4.00. The van der Waals surface area contributed by atoms with Crippen molar-refractivity contribution in [1.82, 2.24) is 0 Å². The Morgan fingerprint density at radius 2 is 0.895 bits per heavy atom. The molecule has 0 aromatic heterocycles. The maximum atomic E-state index is 14.1. The van der Waals surface area contributed by atoms with Gasteiger partial charge in [0.05, 0.1) is 6.10 Å². The molecule has 0 spiro atoms. The maximum Gasteiger partial charge on any atom is 0.336 e. The molecule has 0 radical (unpaired) electrons. The Morgan fingerprint density at radius 3 is 1.25 bits per heavy atom. The number of halogens is 3. The molecule has 57 heavy (non-hydrogen) atoms. The monoisotopic (exact) mass is 838 g/mol. The molecular weight excluding hydrogens is 795 g/mol. The molecule has 10 nitrogen and oxygen atoms in total. The van der Waals surface area contributed by atoms with Crippen LogP contribution in [0.4, 0.5) is 0 Å². The molecule has 6 rings (SSSR count). The van der Waals surface area contributed by atoms with Gasteiger partial charge in [-0.1, -0.05) is 162 Å². The van der Waals surface area contributed by atoms with Crippen molar-refractivity contribution in [1.29, 1.82) is 0 Å². The van der Waals surface area contributed by atoms with Crippen LogP contribution in [0.2, 0.25) is 0 Å². The second-order valence-corrected chi connectivity index (χ2v) is 16.8. The van der Waals surface area contributed by atoms with Gasteiger partial charge in [0.2, 0.25) is 3.79 Å². The Labute approximate surface area is 347 Å². The molecule has 3 aliphatic heterocycles. The fraction of sp³-hybridized carbons (Fsp3) is 0.386. The quantitative estimate of drug-likeness (QED) is 0.0850. The summed E-state index contributed by atoms with van der Waals surface area (Å²) < 4.78 is 34.2. The topological polar surface area (TPSA) is 127 Å². The fourth-order valence-electron chi connectivity index (χ4n) is 7.06. The van der Waals surface area contributed by atoms with Crippen LogP contribution in [0.25, 0.3) is 0 Å². The number of carbonyl (C=O) groups excluding carboxylic acids is 3. The first kappa shape index (κ1) is 42.6. The Balaban J connectivity index is 1.18. The zero-order valence-electron chi connectivity index (χ0n) is 31.5. The maximum absolute atomic E-state index is 14.1. The highest BCUT2D eigenvalue weighted by Crippen LogP contribution is 2.36. The number of alkyl halides is 3. The van der Waals surface area contributed by atoms with Gasteiger partial charge in [-0.2, -0.15) is 0 Å². The molecule has 3 aromatic carbocycles. The number of hydrogen-bond donors (Lipinski definition) is 1. The van der Waals surface area contributed by atoms with E-state index in [1.807, 2.05) is 109 Å². The second kappa shape index (κ2) is 19.2. The van der Waals surface area contributed by atoms with Gasteiger partial charge in [0, 0.05) is 17.8 Å². The van der Waals surface area contributed by atoms with E-state index < -0.39 is 101 Å². The molecule has 0 saturated heterocycles. The summed E-state index contributed by atoms with van der Waals surface area (Å²) in [5.41, 5.74) is 2.45. The lowest BCUT2D eigenvalue weighted by atomic mass is 9.89. The third-order valence-electron chi connectivity index (χ3n) is 10.0. The molecule has 0 unspecified atom stereocenters. The van der Waals surface area contributed by atoms with Crippen LogP contribution in [0, 0.1) is 0 Å². The van der Waals surface area contributed by atoms with Crippen molar-refractivity contribution in [3.8, 4) is 0 Å². The van der Waals surface area contributed by atoms with Crippen molar-refractivity contribution in [3.05, 3.63) is 144 Å². The molecule has 302 valence electrons. The SMILES string of the molecule is C[C@H](O)[C@H]1C=C[C@@H](c2ccccc2)[C@@H](C(=O)O[C@@H](C)[C@H]2C=C[C@@H](c3ccccc3)[C@@H](C(=O)O[C@@H](C)[C@H]3C=C[C@@H](c4ccccc4)[C@@H](C(=O)OCC(Cl)(Cl)Cl)O3)O2)O1. The number of esters is 3. The lowest BCUT2D eigenvalue weighted by Crippen LogP contribution is -2.47. The van der Waals surface area contributed by atoms with Crippen LogP contribution >= 0.6 is 34.8 Å². The van der Waals surface area contributed by atoms with Crippen LogP contribution in [0.15, 0.2) is 127 Å². The van der Waals surface area contributed by atoms with E-state index in [1.54, 1.807) is 39.0 Å². The molecule has 3 aromatic rings. The van der Waals surface area contributed by atoms with Gasteiger partial charge >= 0.3 is 17.9 Å². The largest absolute Gasteiger partial charge is 0.459 e. The lowest BCUT2D eigenvalue weighted by molar-refractivity contribution is -0.186. The Kier molecular flexibility index (Phi) is 14.3. The van der Waals surface area contributed by atoms with E-state index in [-0.39, 0.29) is 0 Å². The first-order valence-corrected chi connectivity index (χ1v) is 19.9. The van der Waals surface area contributed by atoms with E-state index in [9.17, 15) is 19.5 Å². The molecule has 3 aliphatic rings. The summed E-state index contributed by atoms with van der Waals surface area (Å²) in [4.78, 5) is 41.3. The molecule has 12 atom stereocenters. The molecule has 0 bridgehead atoms. The van der Waals surface area contributed by atoms with Crippen molar-refractivity contribution in [2.45, 2.75) is 97.3 Å². The number of hydrogen-bond acceptors (Lipinski definition) is 10. The van der Waals surface area contributed by atoms with Crippen LogP contribution in [0.1, 0.15) is 55.2 Å². The van der Waals surface area contributed by atoms with Gasteiger partial charge in [0.15, 0.2) is 18.3 Å². The minimum atomic E-state index is -1.82. The minimum Gasteiger partial charge on any atom is -0.459 e. The smallest absolute Gasteiger partial charge is 0.336 e. The van der Waals surface area contributed by atoms with Crippen molar-refractivity contribution < 1.29 is 47.9 Å². The average molecular weight is 840 g/mol. The highest BCUT2D eigenvalue weighted by atomic mass is 35.6. The van der Waals surface area contributed by atoms with E-state index in [4.69, 9.17) is 63.2 Å². The highest BCUT2D eigenvalue weighted by Gasteiger charge is 2.43. The first-order valence-electron chi connectivity index (χ1n) is 18.8. The normalized spacial score (nSPS) is 28.8. The summed E-state index contributed by atoms with van der Waals surface area (Å²) in [6, 6.07) is 28.0. The highest BCUT2D eigenvalue weighted by molar-refractivity contribution is 6.67. The van der Waals surface area contributed by atoms with Crippen LogP contribution in [0.5, 0.6) is 0 Å². The van der Waals surface area contributed by atoms with Crippen LogP contribution in [-0.2, 0) is 42.8 Å². The molecule has 1 N–H and O–H groups in total. The van der Waals surface area contributed by atoms with Gasteiger partial charge in [-0.3, -0.25) is 0 Å². The summed E-state index contributed by atoms with van der Waals surface area (Å²) in [5.74, 6) is -3.59. The standard InChI is InChI=1S/C44H45Cl3O10/c1-26(48)35-22-19-33(30-15-9-5-10-16-30)39(55-35)42(50)53-28(3)37-24-21-34(31-17-11-6-12-18-31)40(57-37)43(51)54-27(2)36-23-20-32(29-13-7-4-8-14-29)38(56-36)41(49)52-25-44(45,46)47/h4-24,26-28,32-40,48H,25H2,1-3H3/t26-,27-,28-,32-,33-,34-,35+,36+,37+,38-,39-,40-/m0/s1. The van der Waals surface area contributed by atoms with Gasteiger partial charge in [-0.05, 0) is 37.5 Å². The van der Waals surface area contributed by atoms with Gasteiger partial charge < -0.3 is 33.5 Å². The van der Waals surface area contributed by atoms with Crippen LogP contribution in [-0.4, -0.2) is 88.3 Å².